The summed E-state index contributed by atoms with van der Waals surface area (Å²) in [6.45, 7) is 12.5. The lowest BCUT2D eigenvalue weighted by Crippen LogP contribution is -2.46. The van der Waals surface area contributed by atoms with E-state index in [2.05, 4.69) is 41.2 Å². The highest BCUT2D eigenvalue weighted by atomic mass is 35.5. The van der Waals surface area contributed by atoms with E-state index in [4.69, 9.17) is 16.1 Å². The van der Waals surface area contributed by atoms with Crippen molar-refractivity contribution in [2.24, 2.45) is 17.9 Å². The monoisotopic (exact) mass is 489 g/mol. The molecule has 1 aliphatic heterocycles. The number of aryl methyl sites for hydroxylation is 2. The molecule has 188 valence electrons. The second-order valence-electron chi connectivity index (χ2n) is 11.7. The topological polar surface area (TPSA) is 76.2 Å². The SMILES string of the molecule is Cc1cc(-c2nn(C)c(Cl)c2CC(=O)NC2CCC3(CC2)CCN(CCC(C)(C)C)CC3)no1. The second kappa shape index (κ2) is 10.0. The summed E-state index contributed by atoms with van der Waals surface area (Å²) in [5, 5.41) is 12.2. The Morgan fingerprint density at radius 2 is 1.91 bits per heavy atom. The lowest BCUT2D eigenvalue weighted by atomic mass is 9.67. The van der Waals surface area contributed by atoms with Gasteiger partial charge in [-0.3, -0.25) is 9.48 Å². The number of aromatic nitrogens is 3. The molecule has 1 spiro atoms. The summed E-state index contributed by atoms with van der Waals surface area (Å²) in [7, 11) is 1.77. The predicted octanol–water partition coefficient (Wildman–Crippen LogP) is 5.16. The number of carbonyl (C=O) groups excluding carboxylic acids is 1. The normalized spacial score (nSPS) is 19.6. The highest BCUT2D eigenvalue weighted by Gasteiger charge is 2.38. The molecule has 34 heavy (non-hydrogen) atoms. The summed E-state index contributed by atoms with van der Waals surface area (Å²) in [5.41, 5.74) is 2.80. The van der Waals surface area contributed by atoms with Crippen molar-refractivity contribution in [2.45, 2.75) is 85.1 Å². The van der Waals surface area contributed by atoms with Crippen LogP contribution in [-0.4, -0.2) is 51.4 Å². The molecule has 2 aliphatic rings. The van der Waals surface area contributed by atoms with Gasteiger partial charge in [-0.2, -0.15) is 5.10 Å². The van der Waals surface area contributed by atoms with E-state index in [1.165, 1.54) is 51.7 Å². The fourth-order valence-electron chi connectivity index (χ4n) is 5.45. The molecular formula is C26H40ClN5O2. The van der Waals surface area contributed by atoms with Crippen LogP contribution in [0.4, 0.5) is 0 Å². The van der Waals surface area contributed by atoms with Crippen LogP contribution in [0.25, 0.3) is 11.4 Å². The Labute approximate surface area is 208 Å². The fraction of sp³-hybridized carbons (Fsp3) is 0.731. The van der Waals surface area contributed by atoms with Crippen LogP contribution in [0.2, 0.25) is 5.15 Å². The van der Waals surface area contributed by atoms with E-state index in [0.717, 1.165) is 12.8 Å². The van der Waals surface area contributed by atoms with Crippen LogP contribution in [0.5, 0.6) is 0 Å². The van der Waals surface area contributed by atoms with E-state index in [0.29, 0.717) is 38.7 Å². The molecule has 2 aromatic heterocycles. The Bertz CT molecular complexity index is 987. The van der Waals surface area contributed by atoms with E-state index in [9.17, 15) is 4.79 Å². The molecule has 2 aromatic rings. The summed E-state index contributed by atoms with van der Waals surface area (Å²) in [5.74, 6) is 0.692. The Morgan fingerprint density at radius 1 is 1.24 bits per heavy atom. The molecule has 0 unspecified atom stereocenters. The smallest absolute Gasteiger partial charge is 0.224 e. The predicted molar refractivity (Wildman–Crippen MR) is 135 cm³/mol. The van der Waals surface area contributed by atoms with Gasteiger partial charge in [0.1, 0.15) is 22.3 Å². The average molecular weight is 490 g/mol. The van der Waals surface area contributed by atoms with Gasteiger partial charge in [0.25, 0.3) is 0 Å². The van der Waals surface area contributed by atoms with Gasteiger partial charge in [-0.25, -0.2) is 0 Å². The lowest BCUT2D eigenvalue weighted by molar-refractivity contribution is -0.121. The van der Waals surface area contributed by atoms with Crippen molar-refractivity contribution < 1.29 is 9.32 Å². The molecule has 4 rings (SSSR count). The van der Waals surface area contributed by atoms with Crippen molar-refractivity contribution in [3.8, 4) is 11.4 Å². The molecule has 1 saturated heterocycles. The van der Waals surface area contributed by atoms with E-state index in [1.54, 1.807) is 11.7 Å². The molecular weight excluding hydrogens is 450 g/mol. The van der Waals surface area contributed by atoms with Crippen molar-refractivity contribution in [1.82, 2.24) is 25.2 Å². The molecule has 0 radical (unpaired) electrons. The second-order valence-corrected chi connectivity index (χ2v) is 12.1. The van der Waals surface area contributed by atoms with Crippen LogP contribution < -0.4 is 5.32 Å². The lowest BCUT2D eigenvalue weighted by Gasteiger charge is -2.46. The van der Waals surface area contributed by atoms with Gasteiger partial charge in [0.2, 0.25) is 5.91 Å². The highest BCUT2D eigenvalue weighted by Crippen LogP contribution is 2.44. The fourth-order valence-corrected chi connectivity index (χ4v) is 5.64. The van der Waals surface area contributed by atoms with E-state index in [-0.39, 0.29) is 18.4 Å². The van der Waals surface area contributed by atoms with Gasteiger partial charge in [0.15, 0.2) is 0 Å². The number of hydrogen-bond donors (Lipinski definition) is 1. The van der Waals surface area contributed by atoms with Gasteiger partial charge in [-0.15, -0.1) is 0 Å². The Kier molecular flexibility index (Phi) is 7.44. The van der Waals surface area contributed by atoms with Crippen molar-refractivity contribution in [1.29, 1.82) is 0 Å². The Hall–Kier alpha value is -1.86. The van der Waals surface area contributed by atoms with Crippen molar-refractivity contribution >= 4 is 17.5 Å². The zero-order valence-corrected chi connectivity index (χ0v) is 22.2. The summed E-state index contributed by atoms with van der Waals surface area (Å²) in [4.78, 5) is 15.6. The first-order valence-electron chi connectivity index (χ1n) is 12.7. The van der Waals surface area contributed by atoms with Gasteiger partial charge in [0.05, 0.1) is 6.42 Å². The van der Waals surface area contributed by atoms with Crippen LogP contribution in [-0.2, 0) is 18.3 Å². The molecule has 0 atom stereocenters. The Balaban J connectivity index is 1.28. The third-order valence-electron chi connectivity index (χ3n) is 7.78. The quantitative estimate of drug-likeness (QED) is 0.606. The number of likely N-dealkylation sites (tertiary alicyclic amines) is 1. The summed E-state index contributed by atoms with van der Waals surface area (Å²) < 4.78 is 6.78. The van der Waals surface area contributed by atoms with Crippen LogP contribution in [0.3, 0.4) is 0 Å². The van der Waals surface area contributed by atoms with Crippen LogP contribution >= 0.6 is 11.6 Å². The number of halogens is 1. The molecule has 1 saturated carbocycles. The zero-order valence-electron chi connectivity index (χ0n) is 21.4. The number of amides is 1. The van der Waals surface area contributed by atoms with Gasteiger partial charge < -0.3 is 14.7 Å². The summed E-state index contributed by atoms with van der Waals surface area (Å²) in [6, 6.07) is 2.06. The Morgan fingerprint density at radius 3 is 2.50 bits per heavy atom. The van der Waals surface area contributed by atoms with Crippen molar-refractivity contribution in [2.75, 3.05) is 19.6 Å². The molecule has 1 amide bonds. The average Bonchev–Trinajstić information content (AvgIpc) is 3.33. The number of carbonyl (C=O) groups is 1. The van der Waals surface area contributed by atoms with Gasteiger partial charge in [0, 0.05) is 24.7 Å². The summed E-state index contributed by atoms with van der Waals surface area (Å²) in [6.07, 6.45) is 8.58. The number of piperidine rings is 1. The molecule has 0 bridgehead atoms. The van der Waals surface area contributed by atoms with Crippen LogP contribution in [0.1, 0.15) is 77.0 Å². The number of nitrogens with zero attached hydrogens (tertiary/aromatic N) is 4. The van der Waals surface area contributed by atoms with E-state index >= 15 is 0 Å². The maximum absolute atomic E-state index is 12.9. The van der Waals surface area contributed by atoms with E-state index < -0.39 is 0 Å². The number of hydrogen-bond acceptors (Lipinski definition) is 5. The molecule has 0 aromatic carbocycles. The zero-order chi connectivity index (χ0) is 24.5. The first-order chi connectivity index (χ1) is 16.0. The van der Waals surface area contributed by atoms with Crippen molar-refractivity contribution in [3.63, 3.8) is 0 Å². The molecule has 3 heterocycles. The number of nitrogens with one attached hydrogen (secondary N) is 1. The van der Waals surface area contributed by atoms with Gasteiger partial charge >= 0.3 is 0 Å². The van der Waals surface area contributed by atoms with Gasteiger partial charge in [-0.1, -0.05) is 37.5 Å². The largest absolute Gasteiger partial charge is 0.361 e. The summed E-state index contributed by atoms with van der Waals surface area (Å²) >= 11 is 6.47. The maximum Gasteiger partial charge on any atom is 0.224 e. The highest BCUT2D eigenvalue weighted by molar-refractivity contribution is 6.31. The first-order valence-corrected chi connectivity index (χ1v) is 13.1. The maximum atomic E-state index is 12.9. The molecule has 1 aliphatic carbocycles. The molecule has 7 nitrogen and oxygen atoms in total. The third-order valence-corrected chi connectivity index (χ3v) is 8.26. The number of rotatable bonds is 6. The minimum atomic E-state index is -0.00526. The molecule has 1 N–H and O–H groups in total. The molecule has 8 heteroatoms. The minimum Gasteiger partial charge on any atom is -0.361 e. The van der Waals surface area contributed by atoms with E-state index in [1.807, 2.05) is 13.0 Å². The third kappa shape index (κ3) is 6.03. The van der Waals surface area contributed by atoms with Crippen molar-refractivity contribution in [3.05, 3.63) is 22.5 Å². The minimum absolute atomic E-state index is 0.00526. The van der Waals surface area contributed by atoms with Gasteiger partial charge in [-0.05, 0) is 82.3 Å². The first kappa shape index (κ1) is 25.2. The molecule has 2 fully saturated rings. The van der Waals surface area contributed by atoms with Crippen LogP contribution in [0, 0.1) is 17.8 Å². The van der Waals surface area contributed by atoms with Crippen LogP contribution in [0.15, 0.2) is 10.6 Å². The standard InChI is InChI=1S/C26H40ClN5O2/c1-18-16-21(30-34-18)23-20(24(27)31(5)29-23)17-22(33)28-19-6-8-26(9-7-19)11-14-32(15-12-26)13-10-25(2,3)4/h16,19H,6-15,17H2,1-5H3,(H,28,33).